The average Bonchev–Trinajstić information content (AvgIpc) is 3.01. The number of rotatable bonds is 4. The van der Waals surface area contributed by atoms with Crippen LogP contribution in [0.25, 0.3) is 0 Å². The Balaban J connectivity index is 1.28. The van der Waals surface area contributed by atoms with Gasteiger partial charge in [-0.05, 0) is 42.2 Å². The van der Waals surface area contributed by atoms with E-state index < -0.39 is 6.10 Å². The lowest BCUT2D eigenvalue weighted by Crippen LogP contribution is -2.49. The minimum absolute atomic E-state index is 0.0650. The highest BCUT2D eigenvalue weighted by Gasteiger charge is 2.45. The molecule has 1 unspecified atom stereocenters. The standard InChI is InChI=1S/C22H24FN3O2/c23-15-6-4-14(5-7-15)20(27)9-11-25-10-8-19-17(12-25)16-2-1-3-18-22(16)26(19)13-21(28)24-18/h1-7,17,19-20,27H,8-13H2,(H,24,28)/t17-,19-,20?/m0/s1. The molecular formula is C22H24FN3O2. The summed E-state index contributed by atoms with van der Waals surface area (Å²) in [4.78, 5) is 16.8. The summed E-state index contributed by atoms with van der Waals surface area (Å²) >= 11 is 0. The van der Waals surface area contributed by atoms with Crippen molar-refractivity contribution < 1.29 is 14.3 Å². The highest BCUT2D eigenvalue weighted by molar-refractivity contribution is 6.03. The van der Waals surface area contributed by atoms with E-state index in [1.54, 1.807) is 12.1 Å². The first-order valence-corrected chi connectivity index (χ1v) is 9.95. The third-order valence-corrected chi connectivity index (χ3v) is 6.38. The SMILES string of the molecule is O=C1CN2c3c(cccc3[C@@H]3CN(CCC(O)c4ccc(F)cc4)CC[C@@H]32)N1. The Morgan fingerprint density at radius 1 is 1.21 bits per heavy atom. The van der Waals surface area contributed by atoms with E-state index in [9.17, 15) is 14.3 Å². The van der Waals surface area contributed by atoms with Crippen LogP contribution in [0, 0.1) is 5.82 Å². The zero-order valence-corrected chi connectivity index (χ0v) is 15.6. The largest absolute Gasteiger partial charge is 0.388 e. The zero-order chi connectivity index (χ0) is 19.3. The number of piperidine rings is 1. The molecule has 1 fully saturated rings. The number of halogens is 1. The summed E-state index contributed by atoms with van der Waals surface area (Å²) in [6.45, 7) is 3.13. The number of carbonyl (C=O) groups is 1. The molecule has 28 heavy (non-hydrogen) atoms. The van der Waals surface area contributed by atoms with Gasteiger partial charge in [0, 0.05) is 31.6 Å². The van der Waals surface area contributed by atoms with Crippen LogP contribution in [0.1, 0.15) is 36.0 Å². The van der Waals surface area contributed by atoms with E-state index in [0.717, 1.165) is 37.3 Å². The molecule has 2 N–H and O–H groups in total. The molecule has 0 radical (unpaired) electrons. The number of para-hydroxylation sites is 1. The number of fused-ring (bicyclic) bond motifs is 3. The van der Waals surface area contributed by atoms with Crippen LogP contribution in [0.4, 0.5) is 15.8 Å². The van der Waals surface area contributed by atoms with Gasteiger partial charge in [-0.25, -0.2) is 4.39 Å². The number of hydrogen-bond acceptors (Lipinski definition) is 4. The lowest BCUT2D eigenvalue weighted by Gasteiger charge is -2.39. The fraction of sp³-hybridized carbons (Fsp3) is 0.409. The van der Waals surface area contributed by atoms with Crippen molar-refractivity contribution in [2.24, 2.45) is 0 Å². The van der Waals surface area contributed by atoms with Gasteiger partial charge < -0.3 is 20.2 Å². The molecule has 0 spiro atoms. The van der Waals surface area contributed by atoms with Crippen molar-refractivity contribution in [3.8, 4) is 0 Å². The second-order valence-corrected chi connectivity index (χ2v) is 8.04. The van der Waals surface area contributed by atoms with Crippen LogP contribution >= 0.6 is 0 Å². The van der Waals surface area contributed by atoms with Crippen LogP contribution in [-0.4, -0.2) is 48.1 Å². The number of nitrogens with zero attached hydrogens (tertiary/aromatic N) is 2. The third-order valence-electron chi connectivity index (χ3n) is 6.38. The van der Waals surface area contributed by atoms with Crippen molar-refractivity contribution in [3.63, 3.8) is 0 Å². The van der Waals surface area contributed by atoms with Crippen LogP contribution in [0.2, 0.25) is 0 Å². The summed E-state index contributed by atoms with van der Waals surface area (Å²) < 4.78 is 13.1. The molecule has 0 saturated carbocycles. The lowest BCUT2D eigenvalue weighted by atomic mass is 9.89. The molecule has 3 heterocycles. The van der Waals surface area contributed by atoms with Gasteiger partial charge in [-0.15, -0.1) is 0 Å². The Morgan fingerprint density at radius 2 is 2.04 bits per heavy atom. The molecule has 0 bridgehead atoms. The number of anilines is 2. The summed E-state index contributed by atoms with van der Waals surface area (Å²) in [5.41, 5.74) is 4.21. The second-order valence-electron chi connectivity index (χ2n) is 8.04. The van der Waals surface area contributed by atoms with Crippen molar-refractivity contribution in [3.05, 3.63) is 59.4 Å². The topological polar surface area (TPSA) is 55.8 Å². The smallest absolute Gasteiger partial charge is 0.243 e. The normalized spacial score (nSPS) is 24.5. The number of benzene rings is 2. The maximum Gasteiger partial charge on any atom is 0.243 e. The summed E-state index contributed by atoms with van der Waals surface area (Å²) in [6.07, 6.45) is 1.06. The van der Waals surface area contributed by atoms with Crippen LogP contribution < -0.4 is 10.2 Å². The Hall–Kier alpha value is -2.44. The highest BCUT2D eigenvalue weighted by atomic mass is 19.1. The molecule has 2 aromatic rings. The zero-order valence-electron chi connectivity index (χ0n) is 15.6. The molecule has 146 valence electrons. The first kappa shape index (κ1) is 17.6. The van der Waals surface area contributed by atoms with Crippen molar-refractivity contribution in [2.45, 2.75) is 30.9 Å². The van der Waals surface area contributed by atoms with Gasteiger partial charge in [0.05, 0.1) is 24.0 Å². The summed E-state index contributed by atoms with van der Waals surface area (Å²) in [5.74, 6) is 0.168. The molecule has 3 atom stereocenters. The summed E-state index contributed by atoms with van der Waals surface area (Å²) in [5, 5.41) is 13.4. The molecular weight excluding hydrogens is 357 g/mol. The number of aliphatic hydroxyl groups excluding tert-OH is 1. The van der Waals surface area contributed by atoms with E-state index in [1.807, 2.05) is 12.1 Å². The molecule has 6 heteroatoms. The first-order valence-electron chi connectivity index (χ1n) is 9.95. The molecule has 1 saturated heterocycles. The monoisotopic (exact) mass is 381 g/mol. The minimum atomic E-state index is -0.582. The van der Waals surface area contributed by atoms with Crippen molar-refractivity contribution in [1.29, 1.82) is 0 Å². The fourth-order valence-corrected chi connectivity index (χ4v) is 5.03. The Bertz CT molecular complexity index is 901. The van der Waals surface area contributed by atoms with Gasteiger partial charge in [-0.1, -0.05) is 24.3 Å². The van der Waals surface area contributed by atoms with Gasteiger partial charge in [-0.3, -0.25) is 4.79 Å². The van der Waals surface area contributed by atoms with E-state index in [-0.39, 0.29) is 11.7 Å². The maximum atomic E-state index is 13.1. The highest BCUT2D eigenvalue weighted by Crippen LogP contribution is 2.49. The van der Waals surface area contributed by atoms with Gasteiger partial charge in [0.1, 0.15) is 5.82 Å². The number of amides is 1. The van der Waals surface area contributed by atoms with E-state index in [4.69, 9.17) is 0 Å². The van der Waals surface area contributed by atoms with E-state index in [1.165, 1.54) is 23.4 Å². The fourth-order valence-electron chi connectivity index (χ4n) is 5.03. The summed E-state index contributed by atoms with van der Waals surface area (Å²) in [7, 11) is 0. The Kier molecular flexibility index (Phi) is 4.33. The van der Waals surface area contributed by atoms with Crippen LogP contribution in [0.3, 0.4) is 0 Å². The number of likely N-dealkylation sites (tertiary alicyclic amines) is 1. The van der Waals surface area contributed by atoms with Gasteiger partial charge in [0.15, 0.2) is 0 Å². The predicted molar refractivity (Wildman–Crippen MR) is 106 cm³/mol. The van der Waals surface area contributed by atoms with Gasteiger partial charge >= 0.3 is 0 Å². The molecule has 5 rings (SSSR count). The van der Waals surface area contributed by atoms with Crippen LogP contribution in [-0.2, 0) is 4.79 Å². The van der Waals surface area contributed by atoms with Crippen LogP contribution in [0.5, 0.6) is 0 Å². The second kappa shape index (κ2) is 6.87. The lowest BCUT2D eigenvalue weighted by molar-refractivity contribution is -0.115. The predicted octanol–water partition coefficient (Wildman–Crippen LogP) is 2.88. The van der Waals surface area contributed by atoms with E-state index in [2.05, 4.69) is 21.2 Å². The Labute approximate surface area is 163 Å². The molecule has 1 amide bonds. The molecule has 0 aliphatic carbocycles. The molecule has 5 nitrogen and oxygen atoms in total. The van der Waals surface area contributed by atoms with Crippen molar-refractivity contribution >= 4 is 17.3 Å². The van der Waals surface area contributed by atoms with E-state index in [0.29, 0.717) is 24.9 Å². The van der Waals surface area contributed by atoms with Gasteiger partial charge in [0.2, 0.25) is 5.91 Å². The van der Waals surface area contributed by atoms with Crippen LogP contribution in [0.15, 0.2) is 42.5 Å². The van der Waals surface area contributed by atoms with E-state index >= 15 is 0 Å². The maximum absolute atomic E-state index is 13.1. The number of aliphatic hydroxyl groups is 1. The Morgan fingerprint density at radius 3 is 2.86 bits per heavy atom. The molecule has 3 aliphatic heterocycles. The van der Waals surface area contributed by atoms with Crippen molar-refractivity contribution in [1.82, 2.24) is 4.90 Å². The number of nitrogens with one attached hydrogen (secondary N) is 1. The summed E-state index contributed by atoms with van der Waals surface area (Å²) in [6, 6.07) is 12.7. The number of hydrogen-bond donors (Lipinski definition) is 2. The molecule has 0 aromatic heterocycles. The molecule has 3 aliphatic rings. The molecule has 2 aromatic carbocycles. The van der Waals surface area contributed by atoms with Gasteiger partial charge in [-0.2, -0.15) is 0 Å². The number of carbonyl (C=O) groups excluding carboxylic acids is 1. The average molecular weight is 381 g/mol. The quantitative estimate of drug-likeness (QED) is 0.855. The first-order chi connectivity index (χ1) is 13.6. The van der Waals surface area contributed by atoms with Crippen molar-refractivity contribution in [2.75, 3.05) is 36.4 Å². The minimum Gasteiger partial charge on any atom is -0.388 e. The van der Waals surface area contributed by atoms with Gasteiger partial charge in [0.25, 0.3) is 0 Å². The third kappa shape index (κ3) is 2.97.